The SMILES string of the molecule is O=C(O)c1ccc2nc(CCc3ccccn3)oc2c1. The molecule has 0 aliphatic rings. The third-order valence-corrected chi connectivity index (χ3v) is 3.00. The minimum Gasteiger partial charge on any atom is -0.478 e. The average molecular weight is 268 g/mol. The zero-order valence-electron chi connectivity index (χ0n) is 10.6. The number of oxazole rings is 1. The van der Waals surface area contributed by atoms with Gasteiger partial charge in [-0.25, -0.2) is 9.78 Å². The van der Waals surface area contributed by atoms with E-state index in [9.17, 15) is 4.79 Å². The second-order valence-corrected chi connectivity index (χ2v) is 4.42. The third kappa shape index (κ3) is 2.51. The summed E-state index contributed by atoms with van der Waals surface area (Å²) in [4.78, 5) is 19.5. The molecule has 2 aromatic heterocycles. The molecule has 0 fully saturated rings. The van der Waals surface area contributed by atoms with Crippen LogP contribution >= 0.6 is 0 Å². The number of carboxylic acid groups (broad SMARTS) is 1. The maximum atomic E-state index is 10.9. The van der Waals surface area contributed by atoms with Crippen molar-refractivity contribution in [3.63, 3.8) is 0 Å². The highest BCUT2D eigenvalue weighted by Crippen LogP contribution is 2.18. The first-order valence-electron chi connectivity index (χ1n) is 6.25. The summed E-state index contributed by atoms with van der Waals surface area (Å²) >= 11 is 0. The minimum absolute atomic E-state index is 0.199. The van der Waals surface area contributed by atoms with Crippen LogP contribution in [-0.4, -0.2) is 21.0 Å². The number of aryl methyl sites for hydroxylation is 2. The second-order valence-electron chi connectivity index (χ2n) is 4.42. The fourth-order valence-electron chi connectivity index (χ4n) is 1.99. The molecule has 0 unspecified atom stereocenters. The van der Waals surface area contributed by atoms with Crippen LogP contribution < -0.4 is 0 Å². The molecule has 2 heterocycles. The van der Waals surface area contributed by atoms with Crippen LogP contribution in [0.5, 0.6) is 0 Å². The van der Waals surface area contributed by atoms with E-state index in [2.05, 4.69) is 9.97 Å². The lowest BCUT2D eigenvalue weighted by atomic mass is 10.2. The van der Waals surface area contributed by atoms with E-state index in [1.807, 2.05) is 18.2 Å². The maximum absolute atomic E-state index is 10.9. The molecular weight excluding hydrogens is 256 g/mol. The van der Waals surface area contributed by atoms with E-state index in [1.165, 1.54) is 12.1 Å². The number of carbonyl (C=O) groups is 1. The Morgan fingerprint density at radius 2 is 2.10 bits per heavy atom. The van der Waals surface area contributed by atoms with Crippen molar-refractivity contribution in [1.29, 1.82) is 0 Å². The Morgan fingerprint density at radius 3 is 2.85 bits per heavy atom. The van der Waals surface area contributed by atoms with Crippen molar-refractivity contribution in [2.45, 2.75) is 12.8 Å². The van der Waals surface area contributed by atoms with Gasteiger partial charge >= 0.3 is 5.97 Å². The number of aromatic carboxylic acids is 1. The van der Waals surface area contributed by atoms with E-state index >= 15 is 0 Å². The molecule has 0 amide bonds. The van der Waals surface area contributed by atoms with Crippen molar-refractivity contribution >= 4 is 17.1 Å². The Bertz CT molecular complexity index is 750. The van der Waals surface area contributed by atoms with Crippen molar-refractivity contribution in [1.82, 2.24) is 9.97 Å². The summed E-state index contributed by atoms with van der Waals surface area (Å²) in [7, 11) is 0. The zero-order valence-corrected chi connectivity index (χ0v) is 10.6. The van der Waals surface area contributed by atoms with Gasteiger partial charge in [-0.05, 0) is 36.8 Å². The summed E-state index contributed by atoms with van der Waals surface area (Å²) in [6.45, 7) is 0. The van der Waals surface area contributed by atoms with Gasteiger partial charge in [0.15, 0.2) is 11.5 Å². The molecule has 0 radical (unpaired) electrons. The Labute approximate surface area is 114 Å². The number of nitrogens with zero attached hydrogens (tertiary/aromatic N) is 2. The van der Waals surface area contributed by atoms with Gasteiger partial charge in [-0.15, -0.1) is 0 Å². The molecule has 0 aliphatic carbocycles. The molecule has 5 nitrogen and oxygen atoms in total. The lowest BCUT2D eigenvalue weighted by molar-refractivity contribution is 0.0697. The van der Waals surface area contributed by atoms with Gasteiger partial charge in [0.25, 0.3) is 0 Å². The van der Waals surface area contributed by atoms with Crippen molar-refractivity contribution in [3.8, 4) is 0 Å². The first-order chi connectivity index (χ1) is 9.72. The number of carboxylic acids is 1. The highest BCUT2D eigenvalue weighted by atomic mass is 16.4. The molecule has 0 aliphatic heterocycles. The van der Waals surface area contributed by atoms with Crippen LogP contribution in [0.3, 0.4) is 0 Å². The van der Waals surface area contributed by atoms with Crippen LogP contribution in [0.15, 0.2) is 47.0 Å². The molecule has 1 N–H and O–H groups in total. The average Bonchev–Trinajstić information content (AvgIpc) is 2.88. The fourth-order valence-corrected chi connectivity index (χ4v) is 1.99. The first kappa shape index (κ1) is 12.3. The molecular formula is C15H12N2O3. The first-order valence-corrected chi connectivity index (χ1v) is 6.25. The summed E-state index contributed by atoms with van der Waals surface area (Å²) in [5, 5.41) is 8.93. The summed E-state index contributed by atoms with van der Waals surface area (Å²) in [5.41, 5.74) is 2.35. The molecule has 0 saturated carbocycles. The Morgan fingerprint density at radius 1 is 1.20 bits per heavy atom. The molecule has 0 bridgehead atoms. The van der Waals surface area contributed by atoms with Crippen molar-refractivity contribution < 1.29 is 14.3 Å². The fraction of sp³-hybridized carbons (Fsp3) is 0.133. The van der Waals surface area contributed by atoms with E-state index in [1.54, 1.807) is 12.3 Å². The standard InChI is InChI=1S/C15H12N2O3/c18-15(19)10-4-6-12-13(9-10)20-14(17-12)7-5-11-3-1-2-8-16-11/h1-4,6,8-9H,5,7H2,(H,18,19). The molecule has 3 rings (SSSR count). The Hall–Kier alpha value is -2.69. The van der Waals surface area contributed by atoms with Gasteiger partial charge in [0.05, 0.1) is 5.56 Å². The summed E-state index contributed by atoms with van der Waals surface area (Å²) in [6, 6.07) is 10.4. The molecule has 1 aromatic carbocycles. The highest BCUT2D eigenvalue weighted by Gasteiger charge is 2.09. The molecule has 0 saturated heterocycles. The van der Waals surface area contributed by atoms with Crippen LogP contribution in [-0.2, 0) is 12.8 Å². The normalized spacial score (nSPS) is 10.8. The number of hydrogen-bond donors (Lipinski definition) is 1. The number of hydrogen-bond acceptors (Lipinski definition) is 4. The highest BCUT2D eigenvalue weighted by molar-refractivity contribution is 5.91. The van der Waals surface area contributed by atoms with Crippen LogP contribution in [0.1, 0.15) is 21.9 Å². The molecule has 0 spiro atoms. The van der Waals surface area contributed by atoms with Crippen LogP contribution in [0.2, 0.25) is 0 Å². The van der Waals surface area contributed by atoms with E-state index in [0.717, 1.165) is 12.1 Å². The van der Waals surface area contributed by atoms with Gasteiger partial charge in [-0.3, -0.25) is 4.98 Å². The van der Waals surface area contributed by atoms with Gasteiger partial charge < -0.3 is 9.52 Å². The smallest absolute Gasteiger partial charge is 0.335 e. The minimum atomic E-state index is -0.974. The van der Waals surface area contributed by atoms with Gasteiger partial charge in [-0.1, -0.05) is 6.07 Å². The number of benzene rings is 1. The Kier molecular flexibility index (Phi) is 3.16. The molecule has 20 heavy (non-hydrogen) atoms. The second kappa shape index (κ2) is 5.13. The lowest BCUT2D eigenvalue weighted by Crippen LogP contribution is -1.94. The predicted molar refractivity (Wildman–Crippen MR) is 72.6 cm³/mol. The number of pyridine rings is 1. The van der Waals surface area contributed by atoms with E-state index in [4.69, 9.17) is 9.52 Å². The van der Waals surface area contributed by atoms with E-state index in [0.29, 0.717) is 23.4 Å². The van der Waals surface area contributed by atoms with Crippen molar-refractivity contribution in [2.75, 3.05) is 0 Å². The zero-order chi connectivity index (χ0) is 13.9. The lowest BCUT2D eigenvalue weighted by Gasteiger charge is -1.96. The number of aromatic nitrogens is 2. The van der Waals surface area contributed by atoms with Crippen molar-refractivity contribution in [3.05, 3.63) is 59.7 Å². The van der Waals surface area contributed by atoms with Crippen molar-refractivity contribution in [2.24, 2.45) is 0 Å². The molecule has 5 heteroatoms. The van der Waals surface area contributed by atoms with Crippen LogP contribution in [0.25, 0.3) is 11.1 Å². The van der Waals surface area contributed by atoms with Crippen LogP contribution in [0.4, 0.5) is 0 Å². The summed E-state index contributed by atoms with van der Waals surface area (Å²) in [5.74, 6) is -0.383. The molecule has 3 aromatic rings. The van der Waals surface area contributed by atoms with E-state index in [-0.39, 0.29) is 5.56 Å². The maximum Gasteiger partial charge on any atom is 0.335 e. The molecule has 100 valence electrons. The third-order valence-electron chi connectivity index (χ3n) is 3.00. The predicted octanol–water partition coefficient (Wildman–Crippen LogP) is 2.71. The molecule has 0 atom stereocenters. The van der Waals surface area contributed by atoms with Gasteiger partial charge in [0, 0.05) is 18.3 Å². The number of fused-ring (bicyclic) bond motifs is 1. The Balaban J connectivity index is 1.80. The largest absolute Gasteiger partial charge is 0.478 e. The summed E-state index contributed by atoms with van der Waals surface area (Å²) < 4.78 is 5.58. The quantitative estimate of drug-likeness (QED) is 0.787. The van der Waals surface area contributed by atoms with Gasteiger partial charge in [0.2, 0.25) is 0 Å². The van der Waals surface area contributed by atoms with E-state index < -0.39 is 5.97 Å². The van der Waals surface area contributed by atoms with Gasteiger partial charge in [-0.2, -0.15) is 0 Å². The topological polar surface area (TPSA) is 76.2 Å². The number of rotatable bonds is 4. The van der Waals surface area contributed by atoms with Crippen LogP contribution in [0, 0.1) is 0 Å². The summed E-state index contributed by atoms with van der Waals surface area (Å²) in [6.07, 6.45) is 3.12. The van der Waals surface area contributed by atoms with Gasteiger partial charge in [0.1, 0.15) is 5.52 Å². The monoisotopic (exact) mass is 268 g/mol.